The van der Waals surface area contributed by atoms with Crippen LogP contribution in [0.2, 0.25) is 5.02 Å². The zero-order chi connectivity index (χ0) is 19.6. The molecule has 2 aromatic carbocycles. The van der Waals surface area contributed by atoms with E-state index in [0.717, 1.165) is 11.1 Å². The van der Waals surface area contributed by atoms with Crippen LogP contribution in [0.3, 0.4) is 0 Å². The highest BCUT2D eigenvalue weighted by atomic mass is 35.5. The van der Waals surface area contributed by atoms with Crippen molar-refractivity contribution in [1.29, 1.82) is 0 Å². The molecule has 3 rings (SSSR count). The van der Waals surface area contributed by atoms with Crippen molar-refractivity contribution in [3.63, 3.8) is 0 Å². The number of benzene rings is 2. The average molecular weight is 422 g/mol. The topological polar surface area (TPSA) is 88.2 Å². The molecule has 0 bridgehead atoms. The minimum absolute atomic E-state index is 0.0508. The van der Waals surface area contributed by atoms with Crippen molar-refractivity contribution in [2.45, 2.75) is 18.7 Å². The Morgan fingerprint density at radius 1 is 1.11 bits per heavy atom. The fraction of sp³-hybridized carbons (Fsp3) is 0.111. The summed E-state index contributed by atoms with van der Waals surface area (Å²) in [4.78, 5) is 16.3. The van der Waals surface area contributed by atoms with Crippen LogP contribution >= 0.6 is 22.9 Å². The van der Waals surface area contributed by atoms with Crippen molar-refractivity contribution in [3.05, 3.63) is 69.7 Å². The van der Waals surface area contributed by atoms with Crippen molar-refractivity contribution >= 4 is 49.7 Å². The van der Waals surface area contributed by atoms with E-state index in [2.05, 4.69) is 15.0 Å². The highest BCUT2D eigenvalue weighted by Crippen LogP contribution is 2.24. The number of sulfonamides is 1. The first-order valence-electron chi connectivity index (χ1n) is 7.87. The van der Waals surface area contributed by atoms with Crippen LogP contribution in [0.15, 0.2) is 52.9 Å². The Labute approximate surface area is 166 Å². The first kappa shape index (κ1) is 19.3. The summed E-state index contributed by atoms with van der Waals surface area (Å²) < 4.78 is 27.9. The van der Waals surface area contributed by atoms with Gasteiger partial charge in [0, 0.05) is 17.3 Å². The van der Waals surface area contributed by atoms with Crippen LogP contribution < -0.4 is 10.0 Å². The fourth-order valence-electron chi connectivity index (χ4n) is 2.31. The Kier molecular flexibility index (Phi) is 5.50. The normalized spacial score (nSPS) is 11.2. The molecule has 0 fully saturated rings. The van der Waals surface area contributed by atoms with E-state index in [-0.39, 0.29) is 15.5 Å². The van der Waals surface area contributed by atoms with Crippen molar-refractivity contribution in [3.8, 4) is 0 Å². The Hall–Kier alpha value is -2.42. The van der Waals surface area contributed by atoms with Gasteiger partial charge in [0.15, 0.2) is 5.13 Å². The molecule has 1 amide bonds. The summed E-state index contributed by atoms with van der Waals surface area (Å²) >= 11 is 7.34. The molecule has 0 unspecified atom stereocenters. The van der Waals surface area contributed by atoms with Crippen LogP contribution in [0, 0.1) is 13.8 Å². The predicted octanol–water partition coefficient (Wildman–Crippen LogP) is 4.47. The van der Waals surface area contributed by atoms with Gasteiger partial charge >= 0.3 is 0 Å². The molecule has 27 heavy (non-hydrogen) atoms. The van der Waals surface area contributed by atoms with E-state index < -0.39 is 15.9 Å². The maximum Gasteiger partial charge on any atom is 0.261 e. The summed E-state index contributed by atoms with van der Waals surface area (Å²) in [6, 6.07) is 9.25. The van der Waals surface area contributed by atoms with Gasteiger partial charge in [-0.25, -0.2) is 13.4 Å². The van der Waals surface area contributed by atoms with Gasteiger partial charge in [-0.1, -0.05) is 17.7 Å². The molecule has 0 aliphatic carbocycles. The second-order valence-electron chi connectivity index (χ2n) is 5.84. The molecular weight excluding hydrogens is 406 g/mol. The van der Waals surface area contributed by atoms with Gasteiger partial charge in [0.2, 0.25) is 0 Å². The Morgan fingerprint density at radius 3 is 2.56 bits per heavy atom. The van der Waals surface area contributed by atoms with E-state index >= 15 is 0 Å². The summed E-state index contributed by atoms with van der Waals surface area (Å²) in [5.41, 5.74) is 2.53. The van der Waals surface area contributed by atoms with Gasteiger partial charge in [-0.05, 0) is 55.3 Å². The number of nitrogens with one attached hydrogen (secondary N) is 2. The lowest BCUT2D eigenvalue weighted by Gasteiger charge is -2.11. The lowest BCUT2D eigenvalue weighted by Crippen LogP contribution is -2.16. The molecule has 0 radical (unpaired) electrons. The quantitative estimate of drug-likeness (QED) is 0.636. The van der Waals surface area contributed by atoms with Gasteiger partial charge in [0.05, 0.1) is 15.5 Å². The Balaban J connectivity index is 1.89. The number of thiazole rings is 1. The second-order valence-corrected chi connectivity index (χ2v) is 8.82. The molecule has 0 spiro atoms. The number of carbonyl (C=O) groups excluding carboxylic acids is 1. The minimum Gasteiger partial charge on any atom is -0.298 e. The molecule has 140 valence electrons. The molecule has 9 heteroatoms. The third kappa shape index (κ3) is 4.47. The summed E-state index contributed by atoms with van der Waals surface area (Å²) in [7, 11) is -3.88. The van der Waals surface area contributed by atoms with E-state index in [4.69, 9.17) is 11.6 Å². The SMILES string of the molecule is Cc1ccc(NS(=O)(=O)c2ccc(Cl)c(C(=O)Nc3nccs3)c2)cc1C. The molecule has 3 aromatic rings. The molecule has 1 aromatic heterocycles. The molecule has 2 N–H and O–H groups in total. The number of rotatable bonds is 5. The first-order chi connectivity index (χ1) is 12.8. The zero-order valence-electron chi connectivity index (χ0n) is 14.5. The monoisotopic (exact) mass is 421 g/mol. The number of aromatic nitrogens is 1. The van der Waals surface area contributed by atoms with Gasteiger partial charge in [0.25, 0.3) is 15.9 Å². The van der Waals surface area contributed by atoms with E-state index in [0.29, 0.717) is 10.8 Å². The highest BCUT2D eigenvalue weighted by Gasteiger charge is 2.19. The van der Waals surface area contributed by atoms with Crippen molar-refractivity contribution in [2.24, 2.45) is 0 Å². The van der Waals surface area contributed by atoms with Crippen LogP contribution in [0.1, 0.15) is 21.5 Å². The lowest BCUT2D eigenvalue weighted by molar-refractivity contribution is 0.102. The molecule has 0 atom stereocenters. The molecule has 0 aliphatic rings. The van der Waals surface area contributed by atoms with Crippen molar-refractivity contribution in [2.75, 3.05) is 10.0 Å². The molecule has 0 aliphatic heterocycles. The second kappa shape index (κ2) is 7.67. The molecular formula is C18H16ClN3O3S2. The van der Waals surface area contributed by atoms with E-state index in [1.54, 1.807) is 23.7 Å². The Bertz CT molecular complexity index is 1100. The van der Waals surface area contributed by atoms with Crippen LogP contribution in [-0.2, 0) is 10.0 Å². The largest absolute Gasteiger partial charge is 0.298 e. The molecule has 0 saturated heterocycles. The lowest BCUT2D eigenvalue weighted by atomic mass is 10.1. The number of carbonyl (C=O) groups is 1. The van der Waals surface area contributed by atoms with Gasteiger partial charge in [-0.3, -0.25) is 14.8 Å². The number of halogens is 1. The number of amides is 1. The van der Waals surface area contributed by atoms with Gasteiger partial charge in [-0.15, -0.1) is 11.3 Å². The average Bonchev–Trinajstić information content (AvgIpc) is 3.11. The third-order valence-corrected chi connectivity index (χ3v) is 6.30. The number of anilines is 2. The summed E-state index contributed by atoms with van der Waals surface area (Å²) in [5, 5.41) is 4.85. The zero-order valence-corrected chi connectivity index (χ0v) is 16.9. The smallest absolute Gasteiger partial charge is 0.261 e. The summed E-state index contributed by atoms with van der Waals surface area (Å²) in [5.74, 6) is -0.529. The van der Waals surface area contributed by atoms with Crippen LogP contribution in [0.25, 0.3) is 0 Å². The predicted molar refractivity (Wildman–Crippen MR) is 108 cm³/mol. The van der Waals surface area contributed by atoms with Gasteiger partial charge < -0.3 is 0 Å². The van der Waals surface area contributed by atoms with Gasteiger partial charge in [-0.2, -0.15) is 0 Å². The maximum absolute atomic E-state index is 12.7. The van der Waals surface area contributed by atoms with Crippen LogP contribution in [-0.4, -0.2) is 19.3 Å². The number of nitrogens with zero attached hydrogens (tertiary/aromatic N) is 1. The molecule has 6 nitrogen and oxygen atoms in total. The Morgan fingerprint density at radius 2 is 1.89 bits per heavy atom. The van der Waals surface area contributed by atoms with Crippen molar-refractivity contribution < 1.29 is 13.2 Å². The van der Waals surface area contributed by atoms with Crippen LogP contribution in [0.5, 0.6) is 0 Å². The minimum atomic E-state index is -3.88. The van der Waals surface area contributed by atoms with E-state index in [1.165, 1.54) is 29.5 Å². The maximum atomic E-state index is 12.7. The molecule has 1 heterocycles. The van der Waals surface area contributed by atoms with Crippen LogP contribution in [0.4, 0.5) is 10.8 Å². The highest BCUT2D eigenvalue weighted by molar-refractivity contribution is 7.92. The van der Waals surface area contributed by atoms with E-state index in [1.807, 2.05) is 19.9 Å². The number of aryl methyl sites for hydroxylation is 2. The first-order valence-corrected chi connectivity index (χ1v) is 10.6. The fourth-order valence-corrected chi connectivity index (χ4v) is 4.12. The summed E-state index contributed by atoms with van der Waals surface area (Å²) in [6.07, 6.45) is 1.55. The van der Waals surface area contributed by atoms with Gasteiger partial charge in [0.1, 0.15) is 0 Å². The summed E-state index contributed by atoms with van der Waals surface area (Å²) in [6.45, 7) is 3.84. The number of hydrogen-bond acceptors (Lipinski definition) is 5. The third-order valence-electron chi connectivity index (χ3n) is 3.90. The standard InChI is InChI=1S/C18H16ClN3O3S2/c1-11-3-4-13(9-12(11)2)22-27(24,25)14-5-6-16(19)15(10-14)17(23)21-18-20-7-8-26-18/h3-10,22H,1-2H3,(H,20,21,23). The number of hydrogen-bond donors (Lipinski definition) is 2. The van der Waals surface area contributed by atoms with E-state index in [9.17, 15) is 13.2 Å². The van der Waals surface area contributed by atoms with Crippen molar-refractivity contribution in [1.82, 2.24) is 4.98 Å². The molecule has 0 saturated carbocycles.